The standard InChI is InChI=1S/C18H24N/c1-14(2)17-10-11-19(13-18(17)15(3)4)12-16-8-6-5-7-9-16/h5-11,13-15H,12H2,1-4H3/q+1. The first-order chi connectivity index (χ1) is 9.08. The third-order valence-corrected chi connectivity index (χ3v) is 3.54. The van der Waals surface area contributed by atoms with Gasteiger partial charge >= 0.3 is 0 Å². The highest BCUT2D eigenvalue weighted by Crippen LogP contribution is 2.24. The van der Waals surface area contributed by atoms with Crippen LogP contribution >= 0.6 is 0 Å². The summed E-state index contributed by atoms with van der Waals surface area (Å²) in [5.74, 6) is 1.16. The lowest BCUT2D eigenvalue weighted by atomic mass is 9.92. The van der Waals surface area contributed by atoms with Gasteiger partial charge in [-0.1, -0.05) is 58.0 Å². The second-order valence-electron chi connectivity index (χ2n) is 5.82. The third kappa shape index (κ3) is 3.44. The van der Waals surface area contributed by atoms with Gasteiger partial charge in [0.1, 0.15) is 0 Å². The summed E-state index contributed by atoms with van der Waals surface area (Å²) in [6.45, 7) is 10.0. The van der Waals surface area contributed by atoms with Crippen molar-refractivity contribution in [3.05, 3.63) is 65.5 Å². The van der Waals surface area contributed by atoms with E-state index in [1.165, 1.54) is 16.7 Å². The van der Waals surface area contributed by atoms with Gasteiger partial charge in [0.2, 0.25) is 0 Å². The second-order valence-corrected chi connectivity index (χ2v) is 5.82. The minimum absolute atomic E-state index is 0.570. The van der Waals surface area contributed by atoms with E-state index in [1.807, 2.05) is 0 Å². The molecule has 0 aliphatic rings. The Hall–Kier alpha value is -1.63. The van der Waals surface area contributed by atoms with Crippen molar-refractivity contribution in [1.29, 1.82) is 0 Å². The van der Waals surface area contributed by atoms with Gasteiger partial charge in [-0.05, 0) is 17.4 Å². The normalized spacial score (nSPS) is 11.3. The van der Waals surface area contributed by atoms with Gasteiger partial charge in [0.15, 0.2) is 18.9 Å². The van der Waals surface area contributed by atoms with E-state index in [-0.39, 0.29) is 0 Å². The minimum Gasteiger partial charge on any atom is -0.200 e. The number of benzene rings is 1. The van der Waals surface area contributed by atoms with E-state index in [9.17, 15) is 0 Å². The molecule has 0 radical (unpaired) electrons. The average Bonchev–Trinajstić information content (AvgIpc) is 2.39. The molecule has 100 valence electrons. The maximum atomic E-state index is 2.31. The number of pyridine rings is 1. The summed E-state index contributed by atoms with van der Waals surface area (Å²) in [5.41, 5.74) is 4.28. The fraction of sp³-hybridized carbons (Fsp3) is 0.389. The van der Waals surface area contributed by atoms with E-state index >= 15 is 0 Å². The third-order valence-electron chi connectivity index (χ3n) is 3.54. The van der Waals surface area contributed by atoms with Crippen LogP contribution in [0, 0.1) is 0 Å². The van der Waals surface area contributed by atoms with Crippen LogP contribution in [0.4, 0.5) is 0 Å². The van der Waals surface area contributed by atoms with Crippen LogP contribution in [0.15, 0.2) is 48.8 Å². The van der Waals surface area contributed by atoms with Gasteiger partial charge in [-0.15, -0.1) is 0 Å². The summed E-state index contributed by atoms with van der Waals surface area (Å²) in [6, 6.07) is 12.9. The lowest BCUT2D eigenvalue weighted by Gasteiger charge is -2.14. The molecule has 0 N–H and O–H groups in total. The SMILES string of the molecule is CC(C)c1cc[n+](Cc2ccccc2)cc1C(C)C. The Bertz CT molecular complexity index is 527. The van der Waals surface area contributed by atoms with Gasteiger partial charge in [-0.25, -0.2) is 4.57 Å². The molecule has 0 saturated carbocycles. The first-order valence-corrected chi connectivity index (χ1v) is 7.14. The molecule has 0 saturated heterocycles. The molecule has 0 atom stereocenters. The molecule has 19 heavy (non-hydrogen) atoms. The molecule has 0 bridgehead atoms. The fourth-order valence-electron chi connectivity index (χ4n) is 2.47. The largest absolute Gasteiger partial charge is 0.200 e. The zero-order valence-corrected chi connectivity index (χ0v) is 12.4. The maximum Gasteiger partial charge on any atom is 0.173 e. The summed E-state index contributed by atoms with van der Waals surface area (Å²) in [6.07, 6.45) is 4.52. The Morgan fingerprint density at radius 1 is 0.842 bits per heavy atom. The van der Waals surface area contributed by atoms with E-state index in [0.717, 1.165) is 6.54 Å². The number of nitrogens with zero attached hydrogens (tertiary/aromatic N) is 1. The van der Waals surface area contributed by atoms with Crippen LogP contribution in [0.2, 0.25) is 0 Å². The number of hydrogen-bond donors (Lipinski definition) is 0. The van der Waals surface area contributed by atoms with E-state index < -0.39 is 0 Å². The summed E-state index contributed by atoms with van der Waals surface area (Å²) in [7, 11) is 0. The maximum absolute atomic E-state index is 2.31. The van der Waals surface area contributed by atoms with Gasteiger partial charge in [0.05, 0.1) is 0 Å². The van der Waals surface area contributed by atoms with E-state index in [4.69, 9.17) is 0 Å². The topological polar surface area (TPSA) is 3.88 Å². The van der Waals surface area contributed by atoms with Crippen molar-refractivity contribution < 1.29 is 4.57 Å². The molecule has 1 aromatic heterocycles. The van der Waals surface area contributed by atoms with E-state index in [2.05, 4.69) is 81.1 Å². The Kier molecular flexibility index (Phi) is 4.36. The van der Waals surface area contributed by atoms with Crippen LogP contribution in [0.1, 0.15) is 56.2 Å². The monoisotopic (exact) mass is 254 g/mol. The molecule has 2 rings (SSSR count). The van der Waals surface area contributed by atoms with Crippen LogP contribution in [0.3, 0.4) is 0 Å². The van der Waals surface area contributed by atoms with Crippen LogP contribution in [0.25, 0.3) is 0 Å². The number of hydrogen-bond acceptors (Lipinski definition) is 0. The van der Waals surface area contributed by atoms with Crippen LogP contribution < -0.4 is 4.57 Å². The molecule has 0 amide bonds. The summed E-state index contributed by atoms with van der Waals surface area (Å²) >= 11 is 0. The van der Waals surface area contributed by atoms with Crippen molar-refractivity contribution >= 4 is 0 Å². The Labute approximate surface area is 116 Å². The lowest BCUT2D eigenvalue weighted by Crippen LogP contribution is -2.34. The van der Waals surface area contributed by atoms with Crippen molar-refractivity contribution in [2.45, 2.75) is 46.1 Å². The van der Waals surface area contributed by atoms with Crippen molar-refractivity contribution in [3.63, 3.8) is 0 Å². The molecular weight excluding hydrogens is 230 g/mol. The quantitative estimate of drug-likeness (QED) is 0.717. The zero-order valence-electron chi connectivity index (χ0n) is 12.4. The Morgan fingerprint density at radius 3 is 2.05 bits per heavy atom. The molecule has 0 spiro atoms. The van der Waals surface area contributed by atoms with Crippen molar-refractivity contribution in [2.75, 3.05) is 0 Å². The smallest absolute Gasteiger partial charge is 0.173 e. The second kappa shape index (κ2) is 6.01. The Balaban J connectivity index is 2.31. The van der Waals surface area contributed by atoms with Gasteiger partial charge < -0.3 is 0 Å². The number of rotatable bonds is 4. The van der Waals surface area contributed by atoms with E-state index in [0.29, 0.717) is 11.8 Å². The van der Waals surface area contributed by atoms with Gasteiger partial charge in [0.25, 0.3) is 0 Å². The molecule has 1 heteroatoms. The van der Waals surface area contributed by atoms with Crippen molar-refractivity contribution in [3.8, 4) is 0 Å². The molecular formula is C18H24N+. The molecule has 1 heterocycles. The summed E-state index contributed by atoms with van der Waals surface area (Å²) < 4.78 is 2.29. The summed E-state index contributed by atoms with van der Waals surface area (Å²) in [5, 5.41) is 0. The van der Waals surface area contributed by atoms with Crippen LogP contribution in [-0.4, -0.2) is 0 Å². The molecule has 0 aliphatic heterocycles. The first-order valence-electron chi connectivity index (χ1n) is 7.14. The summed E-state index contributed by atoms with van der Waals surface area (Å²) in [4.78, 5) is 0. The average molecular weight is 254 g/mol. The van der Waals surface area contributed by atoms with Gasteiger partial charge in [-0.3, -0.25) is 0 Å². The lowest BCUT2D eigenvalue weighted by molar-refractivity contribution is -0.688. The van der Waals surface area contributed by atoms with Crippen molar-refractivity contribution in [2.24, 2.45) is 0 Å². The highest BCUT2D eigenvalue weighted by molar-refractivity contribution is 5.27. The molecule has 2 aromatic rings. The molecule has 0 aliphatic carbocycles. The highest BCUT2D eigenvalue weighted by atomic mass is 14.9. The predicted molar refractivity (Wildman–Crippen MR) is 80.4 cm³/mol. The van der Waals surface area contributed by atoms with Crippen molar-refractivity contribution in [1.82, 2.24) is 0 Å². The molecule has 1 nitrogen and oxygen atoms in total. The van der Waals surface area contributed by atoms with E-state index in [1.54, 1.807) is 0 Å². The predicted octanol–water partition coefficient (Wildman–Crippen LogP) is 4.27. The fourth-order valence-corrected chi connectivity index (χ4v) is 2.47. The zero-order chi connectivity index (χ0) is 13.8. The van der Waals surface area contributed by atoms with Crippen LogP contribution in [-0.2, 0) is 6.54 Å². The minimum atomic E-state index is 0.570. The molecule has 0 fully saturated rings. The first kappa shape index (κ1) is 13.8. The van der Waals surface area contributed by atoms with Gasteiger partial charge in [-0.2, -0.15) is 0 Å². The molecule has 0 unspecified atom stereocenters. The highest BCUT2D eigenvalue weighted by Gasteiger charge is 2.15. The number of aromatic nitrogens is 1. The van der Waals surface area contributed by atoms with Gasteiger partial charge in [0, 0.05) is 17.2 Å². The molecule has 1 aromatic carbocycles. The van der Waals surface area contributed by atoms with Crippen LogP contribution in [0.5, 0.6) is 0 Å². The Morgan fingerprint density at radius 2 is 1.47 bits per heavy atom.